The van der Waals surface area contributed by atoms with Crippen molar-refractivity contribution in [3.63, 3.8) is 0 Å². The van der Waals surface area contributed by atoms with Gasteiger partial charge in [0.15, 0.2) is 0 Å². The van der Waals surface area contributed by atoms with Crippen LogP contribution < -0.4 is 0 Å². The SMILES string of the molecule is O=[N+]([O-])c1cc(-c2nnc(-c3cc([N+](=O)[O-])cc([N+](=O)[O-])c3)o2)cc([N+](=O)[O-])c1. The Kier molecular flexibility index (Phi) is 4.62. The van der Waals surface area contributed by atoms with Gasteiger partial charge < -0.3 is 4.42 Å². The zero-order valence-corrected chi connectivity index (χ0v) is 13.8. The average molecular weight is 402 g/mol. The Hall–Kier alpha value is -4.82. The van der Waals surface area contributed by atoms with Crippen LogP contribution in [0.1, 0.15) is 0 Å². The molecule has 0 bridgehead atoms. The van der Waals surface area contributed by atoms with Crippen molar-refractivity contribution in [1.29, 1.82) is 0 Å². The highest BCUT2D eigenvalue weighted by molar-refractivity contribution is 5.66. The van der Waals surface area contributed by atoms with Crippen molar-refractivity contribution >= 4 is 22.7 Å². The van der Waals surface area contributed by atoms with E-state index in [4.69, 9.17) is 4.42 Å². The molecule has 2 aromatic carbocycles. The summed E-state index contributed by atoms with van der Waals surface area (Å²) in [6, 6.07) is 5.32. The van der Waals surface area contributed by atoms with Crippen molar-refractivity contribution in [3.05, 3.63) is 76.9 Å². The molecule has 0 aliphatic carbocycles. The number of rotatable bonds is 6. The fraction of sp³-hybridized carbons (Fsp3) is 0. The molecule has 0 fully saturated rings. The summed E-state index contributed by atoms with van der Waals surface area (Å²) in [4.78, 5) is 40.5. The predicted octanol–water partition coefficient (Wildman–Crippen LogP) is 3.04. The second kappa shape index (κ2) is 7.06. The van der Waals surface area contributed by atoms with Crippen molar-refractivity contribution in [3.8, 4) is 22.9 Å². The van der Waals surface area contributed by atoms with Crippen molar-refractivity contribution in [2.24, 2.45) is 0 Å². The normalized spacial score (nSPS) is 10.5. The summed E-state index contributed by atoms with van der Waals surface area (Å²) < 4.78 is 5.28. The van der Waals surface area contributed by atoms with Crippen LogP contribution in [0, 0.1) is 40.5 Å². The summed E-state index contributed by atoms with van der Waals surface area (Å²) in [5, 5.41) is 51.1. The average Bonchev–Trinajstić information content (AvgIpc) is 3.17. The van der Waals surface area contributed by atoms with Crippen LogP contribution in [0.4, 0.5) is 22.7 Å². The Morgan fingerprint density at radius 1 is 0.552 bits per heavy atom. The first kappa shape index (κ1) is 19.0. The van der Waals surface area contributed by atoms with Crippen LogP contribution >= 0.6 is 0 Å². The number of nitro groups is 4. The van der Waals surface area contributed by atoms with Crippen molar-refractivity contribution in [1.82, 2.24) is 10.2 Å². The quantitative estimate of drug-likeness (QED) is 0.431. The molecule has 1 heterocycles. The number of aromatic nitrogens is 2. The Balaban J connectivity index is 2.11. The Morgan fingerprint density at radius 2 is 0.828 bits per heavy atom. The molecule has 0 N–H and O–H groups in total. The minimum absolute atomic E-state index is 0.149. The molecule has 15 nitrogen and oxygen atoms in total. The fourth-order valence-electron chi connectivity index (χ4n) is 2.32. The van der Waals surface area contributed by atoms with Crippen molar-refractivity contribution in [2.75, 3.05) is 0 Å². The third-order valence-electron chi connectivity index (χ3n) is 3.57. The Bertz CT molecular complexity index is 1030. The fourth-order valence-corrected chi connectivity index (χ4v) is 2.32. The summed E-state index contributed by atoms with van der Waals surface area (Å²) in [6.45, 7) is 0. The lowest BCUT2D eigenvalue weighted by atomic mass is 10.1. The number of nitrogens with zero attached hydrogens (tertiary/aromatic N) is 6. The third kappa shape index (κ3) is 3.82. The van der Waals surface area contributed by atoms with E-state index in [1.807, 2.05) is 0 Å². The van der Waals surface area contributed by atoms with Crippen LogP contribution in [0.3, 0.4) is 0 Å². The van der Waals surface area contributed by atoms with Gasteiger partial charge in [-0.3, -0.25) is 40.5 Å². The van der Waals surface area contributed by atoms with Gasteiger partial charge in [0.05, 0.1) is 43.0 Å². The molecule has 29 heavy (non-hydrogen) atoms. The highest BCUT2D eigenvalue weighted by Gasteiger charge is 2.23. The van der Waals surface area contributed by atoms with E-state index in [-0.39, 0.29) is 22.9 Å². The maximum atomic E-state index is 11.0. The van der Waals surface area contributed by atoms with Gasteiger partial charge in [-0.25, -0.2) is 0 Å². The van der Waals surface area contributed by atoms with E-state index in [1.54, 1.807) is 0 Å². The maximum Gasteiger partial charge on any atom is 0.277 e. The zero-order chi connectivity index (χ0) is 21.3. The summed E-state index contributed by atoms with van der Waals surface area (Å²) >= 11 is 0. The molecule has 3 aromatic rings. The lowest BCUT2D eigenvalue weighted by Crippen LogP contribution is -1.94. The molecule has 15 heteroatoms. The van der Waals surface area contributed by atoms with E-state index in [9.17, 15) is 40.5 Å². The first-order valence-electron chi connectivity index (χ1n) is 7.37. The molecule has 0 atom stereocenters. The molecule has 3 rings (SSSR count). The molecule has 1 aromatic heterocycles. The molecule has 0 saturated heterocycles. The molecule has 0 unspecified atom stereocenters. The number of hydrogen-bond acceptors (Lipinski definition) is 11. The van der Waals surface area contributed by atoms with Crippen LogP contribution in [0.5, 0.6) is 0 Å². The van der Waals surface area contributed by atoms with Gasteiger partial charge in [-0.1, -0.05) is 0 Å². The first-order chi connectivity index (χ1) is 13.7. The summed E-state index contributed by atoms with van der Waals surface area (Å²) in [5.41, 5.74) is -2.69. The Morgan fingerprint density at radius 3 is 1.07 bits per heavy atom. The third-order valence-corrected chi connectivity index (χ3v) is 3.57. The molecule has 0 aliphatic rings. The molecule has 0 amide bonds. The molecule has 0 spiro atoms. The van der Waals surface area contributed by atoms with Gasteiger partial charge in [0.2, 0.25) is 11.8 Å². The summed E-state index contributed by atoms with van der Waals surface area (Å²) in [6.07, 6.45) is 0. The van der Waals surface area contributed by atoms with Gasteiger partial charge >= 0.3 is 0 Å². The van der Waals surface area contributed by atoms with Crippen LogP contribution in [0.15, 0.2) is 40.8 Å². The highest BCUT2D eigenvalue weighted by atomic mass is 16.6. The van der Waals surface area contributed by atoms with E-state index < -0.39 is 42.4 Å². The van der Waals surface area contributed by atoms with Gasteiger partial charge in [-0.05, 0) is 0 Å². The molecular formula is C14H6N6O9. The largest absolute Gasteiger partial charge is 0.416 e. The van der Waals surface area contributed by atoms with Crippen LogP contribution in [-0.2, 0) is 0 Å². The van der Waals surface area contributed by atoms with Gasteiger partial charge in [0.25, 0.3) is 22.7 Å². The monoisotopic (exact) mass is 402 g/mol. The van der Waals surface area contributed by atoms with Crippen LogP contribution in [-0.4, -0.2) is 29.9 Å². The highest BCUT2D eigenvalue weighted by Crippen LogP contribution is 2.33. The minimum Gasteiger partial charge on any atom is -0.416 e. The molecule has 0 aliphatic heterocycles. The van der Waals surface area contributed by atoms with Crippen LogP contribution in [0.2, 0.25) is 0 Å². The number of hydrogen-bond donors (Lipinski definition) is 0. The lowest BCUT2D eigenvalue weighted by Gasteiger charge is -1.98. The standard InChI is InChI=1S/C14H6N6O9/c21-17(22)9-1-7(2-10(5-9)18(23)24)13-15-16-14(29-13)8-3-11(19(25)26)6-12(4-8)20(27)28/h1-6H. The van der Waals surface area contributed by atoms with Gasteiger partial charge in [0, 0.05) is 24.3 Å². The Labute approximate surface area is 157 Å². The van der Waals surface area contributed by atoms with Crippen molar-refractivity contribution < 1.29 is 24.1 Å². The predicted molar refractivity (Wildman–Crippen MR) is 91.8 cm³/mol. The molecule has 146 valence electrons. The number of benzene rings is 2. The van der Waals surface area contributed by atoms with E-state index >= 15 is 0 Å². The molecular weight excluding hydrogens is 396 g/mol. The smallest absolute Gasteiger partial charge is 0.277 e. The van der Waals surface area contributed by atoms with Gasteiger partial charge in [-0.2, -0.15) is 0 Å². The maximum absolute atomic E-state index is 11.0. The van der Waals surface area contributed by atoms with E-state index in [0.29, 0.717) is 0 Å². The summed E-state index contributed by atoms with van der Waals surface area (Å²) in [7, 11) is 0. The molecule has 0 saturated carbocycles. The minimum atomic E-state index is -0.850. The number of non-ortho nitro benzene ring substituents is 4. The van der Waals surface area contributed by atoms with Gasteiger partial charge in [-0.15, -0.1) is 10.2 Å². The van der Waals surface area contributed by atoms with E-state index in [0.717, 1.165) is 36.4 Å². The van der Waals surface area contributed by atoms with Gasteiger partial charge in [0.1, 0.15) is 0 Å². The zero-order valence-electron chi connectivity index (χ0n) is 13.8. The lowest BCUT2D eigenvalue weighted by molar-refractivity contribution is -0.394. The van der Waals surface area contributed by atoms with Crippen molar-refractivity contribution in [2.45, 2.75) is 0 Å². The van der Waals surface area contributed by atoms with E-state index in [1.165, 1.54) is 0 Å². The summed E-state index contributed by atoms with van der Waals surface area (Å²) in [5.74, 6) is -0.720. The first-order valence-corrected chi connectivity index (χ1v) is 7.37. The van der Waals surface area contributed by atoms with E-state index in [2.05, 4.69) is 10.2 Å². The topological polar surface area (TPSA) is 211 Å². The second-order valence-corrected chi connectivity index (χ2v) is 5.42. The number of nitro benzene ring substituents is 4. The van der Waals surface area contributed by atoms with Crippen LogP contribution in [0.25, 0.3) is 22.9 Å². The molecule has 0 radical (unpaired) electrons. The second-order valence-electron chi connectivity index (χ2n) is 5.42.